The molecule has 0 fully saturated rings. The lowest BCUT2D eigenvalue weighted by Gasteiger charge is -2.08. The van der Waals surface area contributed by atoms with Crippen molar-refractivity contribution in [1.29, 1.82) is 0 Å². The van der Waals surface area contributed by atoms with Gasteiger partial charge in [-0.1, -0.05) is 15.9 Å². The van der Waals surface area contributed by atoms with Crippen molar-refractivity contribution < 1.29 is 0 Å². The molecule has 0 bridgehead atoms. The largest absolute Gasteiger partial charge is 0.265 e. The topological polar surface area (TPSA) is 12.9 Å². The minimum absolute atomic E-state index is 0.440. The van der Waals surface area contributed by atoms with Crippen LogP contribution in [0.1, 0.15) is 38.6 Å². The first-order valence-electron chi connectivity index (χ1n) is 6.47. The summed E-state index contributed by atoms with van der Waals surface area (Å²) in [5, 5.41) is 0. The van der Waals surface area contributed by atoms with Crippen LogP contribution in [0.4, 0.5) is 0 Å². The molecule has 0 aromatic carbocycles. The zero-order valence-corrected chi connectivity index (χ0v) is 12.6. The van der Waals surface area contributed by atoms with E-state index in [-0.39, 0.29) is 0 Å². The summed E-state index contributed by atoms with van der Waals surface area (Å²) in [5.41, 5.74) is 2.94. The molecule has 3 heteroatoms. The van der Waals surface area contributed by atoms with E-state index in [9.17, 15) is 0 Å². The van der Waals surface area contributed by atoms with Gasteiger partial charge < -0.3 is 0 Å². The maximum absolute atomic E-state index is 4.07. The summed E-state index contributed by atoms with van der Waals surface area (Å²) in [6, 6.07) is 6.61. The fourth-order valence-electron chi connectivity index (χ4n) is 2.49. The molecule has 1 aliphatic rings. The van der Waals surface area contributed by atoms with Crippen molar-refractivity contribution in [2.75, 3.05) is 0 Å². The fraction of sp³-hybridized carbons (Fsp3) is 0.400. The summed E-state index contributed by atoms with van der Waals surface area (Å²) in [6.07, 6.45) is 10.1. The van der Waals surface area contributed by atoms with Crippen molar-refractivity contribution in [3.63, 3.8) is 0 Å². The van der Waals surface area contributed by atoms with Gasteiger partial charge in [-0.25, -0.2) is 0 Å². The van der Waals surface area contributed by atoms with Gasteiger partial charge in [-0.05, 0) is 61.4 Å². The van der Waals surface area contributed by atoms with Crippen molar-refractivity contribution in [2.24, 2.45) is 0 Å². The molecule has 0 radical (unpaired) electrons. The van der Waals surface area contributed by atoms with E-state index in [1.54, 1.807) is 10.4 Å². The second-order valence-corrected chi connectivity index (χ2v) is 7.11. The molecule has 2 aromatic heterocycles. The summed E-state index contributed by atoms with van der Waals surface area (Å²) in [5.74, 6) is 0. The van der Waals surface area contributed by atoms with Gasteiger partial charge in [0.15, 0.2) is 0 Å². The molecule has 1 aliphatic carbocycles. The quantitative estimate of drug-likeness (QED) is 0.746. The lowest BCUT2D eigenvalue weighted by Crippen LogP contribution is -1.96. The molecule has 2 heterocycles. The van der Waals surface area contributed by atoms with Crippen LogP contribution in [-0.4, -0.2) is 4.98 Å². The molecule has 0 N–H and O–H groups in total. The second-order valence-electron chi connectivity index (χ2n) is 4.83. The Morgan fingerprint density at radius 3 is 2.78 bits per heavy atom. The number of hydrogen-bond donors (Lipinski definition) is 0. The maximum Gasteiger partial charge on any atom is 0.0529 e. The molecule has 1 unspecified atom stereocenters. The second kappa shape index (κ2) is 5.54. The van der Waals surface area contributed by atoms with Crippen molar-refractivity contribution in [3.05, 3.63) is 51.5 Å². The van der Waals surface area contributed by atoms with E-state index in [2.05, 4.69) is 39.1 Å². The highest BCUT2D eigenvalue weighted by Gasteiger charge is 2.17. The summed E-state index contributed by atoms with van der Waals surface area (Å²) in [6.45, 7) is 0. The van der Waals surface area contributed by atoms with Crippen LogP contribution >= 0.6 is 27.3 Å². The number of thiophene rings is 1. The molecule has 2 aromatic rings. The van der Waals surface area contributed by atoms with E-state index in [0.29, 0.717) is 4.83 Å². The van der Waals surface area contributed by atoms with Gasteiger partial charge in [-0.2, -0.15) is 0 Å². The molecule has 3 rings (SSSR count). The molecule has 94 valence electrons. The number of aryl methyl sites for hydroxylation is 2. The summed E-state index contributed by atoms with van der Waals surface area (Å²) in [4.78, 5) is 7.61. The van der Waals surface area contributed by atoms with E-state index in [0.717, 1.165) is 6.42 Å². The highest BCUT2D eigenvalue weighted by atomic mass is 79.9. The normalized spacial score (nSPS) is 16.3. The molecule has 18 heavy (non-hydrogen) atoms. The zero-order valence-electron chi connectivity index (χ0n) is 10.2. The Morgan fingerprint density at radius 1 is 1.22 bits per heavy atom. The number of hydrogen-bond acceptors (Lipinski definition) is 2. The number of pyridine rings is 1. The summed E-state index contributed by atoms with van der Waals surface area (Å²) < 4.78 is 0. The van der Waals surface area contributed by atoms with Crippen LogP contribution in [-0.2, 0) is 19.3 Å². The lowest BCUT2D eigenvalue weighted by molar-refractivity contribution is 0.697. The average Bonchev–Trinajstić information content (AvgIpc) is 2.84. The molecule has 1 atom stereocenters. The van der Waals surface area contributed by atoms with E-state index < -0.39 is 0 Å². The Kier molecular flexibility index (Phi) is 3.80. The van der Waals surface area contributed by atoms with E-state index in [1.165, 1.54) is 36.1 Å². The summed E-state index contributed by atoms with van der Waals surface area (Å²) >= 11 is 5.84. The number of alkyl halides is 1. The van der Waals surface area contributed by atoms with Crippen LogP contribution in [0.2, 0.25) is 0 Å². The number of halogens is 1. The van der Waals surface area contributed by atoms with E-state index >= 15 is 0 Å². The highest BCUT2D eigenvalue weighted by Crippen LogP contribution is 2.37. The Hall–Kier alpha value is -0.670. The third-order valence-electron chi connectivity index (χ3n) is 3.49. The molecular formula is C15H16BrNS. The monoisotopic (exact) mass is 321 g/mol. The fourth-order valence-corrected chi connectivity index (χ4v) is 4.52. The Morgan fingerprint density at radius 2 is 2.00 bits per heavy atom. The van der Waals surface area contributed by atoms with Gasteiger partial charge in [-0.15, -0.1) is 11.3 Å². The SMILES string of the molecule is BrC(Cc1ccncc1)c1cc2c(s1)CCCC2. The third kappa shape index (κ3) is 2.67. The number of aromatic nitrogens is 1. The first-order chi connectivity index (χ1) is 8.83. The van der Waals surface area contributed by atoms with Gasteiger partial charge in [0.05, 0.1) is 4.83 Å². The minimum atomic E-state index is 0.440. The van der Waals surface area contributed by atoms with Crippen LogP contribution < -0.4 is 0 Å². The maximum atomic E-state index is 4.07. The molecule has 1 nitrogen and oxygen atoms in total. The zero-order chi connectivity index (χ0) is 12.4. The van der Waals surface area contributed by atoms with Crippen LogP contribution in [0, 0.1) is 0 Å². The van der Waals surface area contributed by atoms with Gasteiger partial charge in [0.1, 0.15) is 0 Å². The van der Waals surface area contributed by atoms with Crippen molar-refractivity contribution >= 4 is 27.3 Å². The molecular weight excluding hydrogens is 306 g/mol. The van der Waals surface area contributed by atoms with Crippen LogP contribution in [0.15, 0.2) is 30.6 Å². The van der Waals surface area contributed by atoms with Crippen molar-refractivity contribution in [3.8, 4) is 0 Å². The van der Waals surface area contributed by atoms with Crippen LogP contribution in [0.3, 0.4) is 0 Å². The molecule has 0 amide bonds. The first kappa shape index (κ1) is 12.4. The molecule has 0 spiro atoms. The number of fused-ring (bicyclic) bond motifs is 1. The Balaban J connectivity index is 1.76. The molecule has 0 aliphatic heterocycles. The Labute approximate surface area is 120 Å². The predicted molar refractivity (Wildman–Crippen MR) is 80.6 cm³/mol. The lowest BCUT2D eigenvalue weighted by atomic mass is 9.99. The number of nitrogens with zero attached hydrogens (tertiary/aromatic N) is 1. The summed E-state index contributed by atoms with van der Waals surface area (Å²) in [7, 11) is 0. The van der Waals surface area contributed by atoms with Gasteiger partial charge in [-0.3, -0.25) is 4.98 Å². The van der Waals surface area contributed by atoms with Gasteiger partial charge in [0.25, 0.3) is 0 Å². The van der Waals surface area contributed by atoms with E-state index in [1.807, 2.05) is 23.7 Å². The minimum Gasteiger partial charge on any atom is -0.265 e. The molecule has 0 saturated heterocycles. The highest BCUT2D eigenvalue weighted by molar-refractivity contribution is 9.09. The van der Waals surface area contributed by atoms with Crippen LogP contribution in [0.25, 0.3) is 0 Å². The van der Waals surface area contributed by atoms with Gasteiger partial charge in [0, 0.05) is 22.1 Å². The number of rotatable bonds is 3. The van der Waals surface area contributed by atoms with Gasteiger partial charge in [0.2, 0.25) is 0 Å². The average molecular weight is 322 g/mol. The van der Waals surface area contributed by atoms with Crippen molar-refractivity contribution in [2.45, 2.75) is 36.9 Å². The smallest absolute Gasteiger partial charge is 0.0529 e. The third-order valence-corrected chi connectivity index (χ3v) is 5.96. The van der Waals surface area contributed by atoms with Crippen LogP contribution in [0.5, 0.6) is 0 Å². The van der Waals surface area contributed by atoms with Gasteiger partial charge >= 0.3 is 0 Å². The Bertz CT molecular complexity index is 497. The first-order valence-corrected chi connectivity index (χ1v) is 8.20. The standard InChI is InChI=1S/C15H16BrNS/c16-13(9-11-5-7-17-8-6-11)15-10-12-3-1-2-4-14(12)18-15/h5-8,10,13H,1-4,9H2. The van der Waals surface area contributed by atoms with E-state index in [4.69, 9.17) is 0 Å². The van der Waals surface area contributed by atoms with Crippen molar-refractivity contribution in [1.82, 2.24) is 4.98 Å². The predicted octanol–water partition coefficient (Wildman–Crippen LogP) is 4.70. The molecule has 0 saturated carbocycles.